The van der Waals surface area contributed by atoms with Crippen LogP contribution in [0, 0.1) is 0 Å². The van der Waals surface area contributed by atoms with E-state index in [9.17, 15) is 9.59 Å². The Hall–Kier alpha value is -2.10. The first-order valence-corrected chi connectivity index (χ1v) is 6.35. The maximum Gasteiger partial charge on any atom is 0.325 e. The third kappa shape index (κ3) is 2.14. The minimum Gasteiger partial charge on any atom is -0.319 e. The standard InChI is InChI=1S/C15H18N2O2/c1-4-15(12-8-6-5-7-9-12)13(18)17(10-11(2)3)14(19)16-15/h5-9H,2,4,10H2,1,3H3,(H,16,19)/t15-/m1/s1. The summed E-state index contributed by atoms with van der Waals surface area (Å²) < 4.78 is 0. The van der Waals surface area contributed by atoms with E-state index in [1.165, 1.54) is 4.90 Å². The van der Waals surface area contributed by atoms with Crippen molar-refractivity contribution in [1.29, 1.82) is 0 Å². The number of benzene rings is 1. The molecule has 19 heavy (non-hydrogen) atoms. The molecule has 0 unspecified atom stereocenters. The van der Waals surface area contributed by atoms with Gasteiger partial charge < -0.3 is 5.32 Å². The highest BCUT2D eigenvalue weighted by Gasteiger charge is 2.50. The van der Waals surface area contributed by atoms with E-state index in [-0.39, 0.29) is 18.5 Å². The zero-order valence-corrected chi connectivity index (χ0v) is 11.3. The summed E-state index contributed by atoms with van der Waals surface area (Å²) in [6.07, 6.45) is 0.522. The van der Waals surface area contributed by atoms with Crippen molar-refractivity contribution in [2.75, 3.05) is 6.54 Å². The second kappa shape index (κ2) is 4.88. The molecule has 1 aliphatic heterocycles. The molecule has 3 amide bonds. The molecule has 0 saturated carbocycles. The molecular formula is C15H18N2O2. The van der Waals surface area contributed by atoms with Gasteiger partial charge in [0.2, 0.25) is 0 Å². The van der Waals surface area contributed by atoms with Crippen LogP contribution < -0.4 is 5.32 Å². The molecule has 100 valence electrons. The average molecular weight is 258 g/mol. The van der Waals surface area contributed by atoms with Gasteiger partial charge in [-0.05, 0) is 18.9 Å². The normalized spacial score (nSPS) is 22.5. The molecule has 0 aromatic heterocycles. The summed E-state index contributed by atoms with van der Waals surface area (Å²) in [6.45, 7) is 7.72. The zero-order chi connectivity index (χ0) is 14.0. The second-order valence-corrected chi connectivity index (χ2v) is 4.90. The highest BCUT2D eigenvalue weighted by atomic mass is 16.2. The highest BCUT2D eigenvalue weighted by molar-refractivity contribution is 6.07. The van der Waals surface area contributed by atoms with E-state index in [4.69, 9.17) is 0 Å². The zero-order valence-electron chi connectivity index (χ0n) is 11.3. The Bertz CT molecular complexity index is 524. The molecule has 4 heteroatoms. The minimum absolute atomic E-state index is 0.200. The monoisotopic (exact) mass is 258 g/mol. The van der Waals surface area contributed by atoms with Gasteiger partial charge in [0.1, 0.15) is 5.54 Å². The number of amides is 3. The Kier molecular flexibility index (Phi) is 3.42. The van der Waals surface area contributed by atoms with Crippen LogP contribution in [-0.2, 0) is 10.3 Å². The van der Waals surface area contributed by atoms with E-state index in [2.05, 4.69) is 11.9 Å². The largest absolute Gasteiger partial charge is 0.325 e. The molecule has 0 spiro atoms. The van der Waals surface area contributed by atoms with Crippen LogP contribution >= 0.6 is 0 Å². The van der Waals surface area contributed by atoms with Gasteiger partial charge in [0.15, 0.2) is 0 Å². The van der Waals surface area contributed by atoms with Crippen LogP contribution in [0.4, 0.5) is 4.79 Å². The predicted octanol–water partition coefficient (Wildman–Crippen LogP) is 2.42. The van der Waals surface area contributed by atoms with Gasteiger partial charge in [0.25, 0.3) is 5.91 Å². The fourth-order valence-corrected chi connectivity index (χ4v) is 2.40. The van der Waals surface area contributed by atoms with Crippen LogP contribution in [0.5, 0.6) is 0 Å². The van der Waals surface area contributed by atoms with Gasteiger partial charge in [-0.25, -0.2) is 4.79 Å². The van der Waals surface area contributed by atoms with Gasteiger partial charge in [-0.3, -0.25) is 9.69 Å². The van der Waals surface area contributed by atoms with Gasteiger partial charge in [-0.15, -0.1) is 0 Å². The van der Waals surface area contributed by atoms with Crippen molar-refractivity contribution in [3.05, 3.63) is 48.0 Å². The van der Waals surface area contributed by atoms with E-state index in [1.807, 2.05) is 37.3 Å². The van der Waals surface area contributed by atoms with Gasteiger partial charge in [0, 0.05) is 0 Å². The molecule has 1 aromatic rings. The smallest absolute Gasteiger partial charge is 0.319 e. The molecule has 1 heterocycles. The number of hydrogen-bond acceptors (Lipinski definition) is 2. The maximum absolute atomic E-state index is 12.6. The summed E-state index contributed by atoms with van der Waals surface area (Å²) in [4.78, 5) is 25.9. The minimum atomic E-state index is -0.937. The molecule has 1 atom stereocenters. The number of urea groups is 1. The summed E-state index contributed by atoms with van der Waals surface area (Å²) in [7, 11) is 0. The lowest BCUT2D eigenvalue weighted by Crippen LogP contribution is -2.43. The molecule has 2 rings (SSSR count). The summed E-state index contributed by atoms with van der Waals surface area (Å²) in [5.41, 5.74) is 0.664. The highest BCUT2D eigenvalue weighted by Crippen LogP contribution is 2.32. The molecular weight excluding hydrogens is 240 g/mol. The maximum atomic E-state index is 12.6. The van der Waals surface area contributed by atoms with E-state index < -0.39 is 5.54 Å². The fraction of sp³-hybridized carbons (Fsp3) is 0.333. The predicted molar refractivity (Wildman–Crippen MR) is 73.5 cm³/mol. The lowest BCUT2D eigenvalue weighted by atomic mass is 9.87. The van der Waals surface area contributed by atoms with Crippen LogP contribution in [-0.4, -0.2) is 23.4 Å². The number of carbonyl (C=O) groups excluding carboxylic acids is 2. The molecule has 1 saturated heterocycles. The van der Waals surface area contributed by atoms with Crippen molar-refractivity contribution < 1.29 is 9.59 Å². The lowest BCUT2D eigenvalue weighted by molar-refractivity contribution is -0.131. The van der Waals surface area contributed by atoms with Gasteiger partial charge in [-0.1, -0.05) is 49.4 Å². The molecule has 0 aliphatic carbocycles. The Labute approximate surface area is 113 Å². The van der Waals surface area contributed by atoms with Crippen molar-refractivity contribution in [1.82, 2.24) is 10.2 Å². The first-order valence-electron chi connectivity index (χ1n) is 6.35. The van der Waals surface area contributed by atoms with E-state index in [1.54, 1.807) is 6.92 Å². The van der Waals surface area contributed by atoms with Gasteiger partial charge >= 0.3 is 6.03 Å². The molecule has 1 aromatic carbocycles. The van der Waals surface area contributed by atoms with Crippen molar-refractivity contribution in [3.63, 3.8) is 0 Å². The summed E-state index contributed by atoms with van der Waals surface area (Å²) in [5, 5.41) is 2.83. The Morgan fingerprint density at radius 3 is 2.47 bits per heavy atom. The summed E-state index contributed by atoms with van der Waals surface area (Å²) in [6, 6.07) is 9.01. The third-order valence-corrected chi connectivity index (χ3v) is 3.40. The number of rotatable bonds is 4. The van der Waals surface area contributed by atoms with Crippen LogP contribution in [0.15, 0.2) is 42.5 Å². The molecule has 1 fully saturated rings. The molecule has 4 nitrogen and oxygen atoms in total. The van der Waals surface area contributed by atoms with E-state index in [0.29, 0.717) is 6.42 Å². The SMILES string of the molecule is C=C(C)CN1C(=O)N[C@](CC)(c2ccccc2)C1=O. The van der Waals surface area contributed by atoms with Crippen molar-refractivity contribution in [2.45, 2.75) is 25.8 Å². The number of hydrogen-bond donors (Lipinski definition) is 1. The fourth-order valence-electron chi connectivity index (χ4n) is 2.40. The average Bonchev–Trinajstić information content (AvgIpc) is 2.64. The summed E-state index contributed by atoms with van der Waals surface area (Å²) in [5.74, 6) is -0.200. The Morgan fingerprint density at radius 1 is 1.32 bits per heavy atom. The van der Waals surface area contributed by atoms with Crippen LogP contribution in [0.1, 0.15) is 25.8 Å². The molecule has 0 bridgehead atoms. The number of imide groups is 1. The van der Waals surface area contributed by atoms with Crippen LogP contribution in [0.2, 0.25) is 0 Å². The quantitative estimate of drug-likeness (QED) is 0.666. The molecule has 1 aliphatic rings. The molecule has 1 N–H and O–H groups in total. The number of carbonyl (C=O) groups is 2. The number of nitrogens with zero attached hydrogens (tertiary/aromatic N) is 1. The molecule has 0 radical (unpaired) electrons. The van der Waals surface area contributed by atoms with Gasteiger partial charge in [-0.2, -0.15) is 0 Å². The third-order valence-electron chi connectivity index (χ3n) is 3.40. The van der Waals surface area contributed by atoms with Gasteiger partial charge in [0.05, 0.1) is 6.54 Å². The Morgan fingerprint density at radius 2 is 1.95 bits per heavy atom. The van der Waals surface area contributed by atoms with E-state index in [0.717, 1.165) is 11.1 Å². The van der Waals surface area contributed by atoms with E-state index >= 15 is 0 Å². The first-order chi connectivity index (χ1) is 9.01. The lowest BCUT2D eigenvalue weighted by Gasteiger charge is -2.25. The van der Waals surface area contributed by atoms with Crippen LogP contribution in [0.25, 0.3) is 0 Å². The topological polar surface area (TPSA) is 49.4 Å². The van der Waals surface area contributed by atoms with Crippen molar-refractivity contribution in [3.8, 4) is 0 Å². The number of nitrogens with one attached hydrogen (secondary N) is 1. The second-order valence-electron chi connectivity index (χ2n) is 4.90. The van der Waals surface area contributed by atoms with Crippen molar-refractivity contribution >= 4 is 11.9 Å². The summed E-state index contributed by atoms with van der Waals surface area (Å²) >= 11 is 0. The first kappa shape index (κ1) is 13.3. The Balaban J connectivity index is 2.41. The van der Waals surface area contributed by atoms with Crippen LogP contribution in [0.3, 0.4) is 0 Å². The van der Waals surface area contributed by atoms with Crippen molar-refractivity contribution in [2.24, 2.45) is 0 Å².